The molecule has 2 aromatic rings. The van der Waals surface area contributed by atoms with Crippen LogP contribution in [0, 0.1) is 11.8 Å². The van der Waals surface area contributed by atoms with E-state index in [1.165, 1.54) is 62.5 Å². The zero-order valence-corrected chi connectivity index (χ0v) is 18.3. The molecule has 0 aliphatic heterocycles. The van der Waals surface area contributed by atoms with Gasteiger partial charge in [-0.1, -0.05) is 76.6 Å². The third kappa shape index (κ3) is 5.06. The summed E-state index contributed by atoms with van der Waals surface area (Å²) in [4.78, 5) is 12.2. The molecule has 2 aliphatic rings. The minimum Gasteiger partial charge on any atom is -0.395 e. The number of carbonyl (C=O) groups is 1. The Morgan fingerprint density at radius 2 is 1.00 bits per heavy atom. The maximum absolute atomic E-state index is 12.2. The lowest BCUT2D eigenvalue weighted by atomic mass is 9.76. The molecule has 0 radical (unpaired) electrons. The van der Waals surface area contributed by atoms with Crippen molar-refractivity contribution < 1.29 is 14.3 Å². The Morgan fingerprint density at radius 1 is 0.633 bits per heavy atom. The summed E-state index contributed by atoms with van der Waals surface area (Å²) in [6.07, 6.45) is 9.69. The number of hydrogen-bond acceptors (Lipinski definition) is 3. The molecule has 0 amide bonds. The van der Waals surface area contributed by atoms with E-state index in [9.17, 15) is 4.79 Å². The summed E-state index contributed by atoms with van der Waals surface area (Å²) < 4.78 is 10.8. The minimum absolute atomic E-state index is 0.528. The highest BCUT2D eigenvalue weighted by Gasteiger charge is 2.24. The summed E-state index contributed by atoms with van der Waals surface area (Å²) in [5.74, 6) is 3.72. The van der Waals surface area contributed by atoms with Crippen molar-refractivity contribution in [2.75, 3.05) is 0 Å². The Bertz CT molecular complexity index is 755. The summed E-state index contributed by atoms with van der Waals surface area (Å²) in [5, 5.41) is 0. The van der Waals surface area contributed by atoms with Crippen molar-refractivity contribution in [3.8, 4) is 11.5 Å². The largest absolute Gasteiger partial charge is 0.519 e. The van der Waals surface area contributed by atoms with Crippen LogP contribution in [0.3, 0.4) is 0 Å². The highest BCUT2D eigenvalue weighted by atomic mass is 16.7. The third-order valence-electron chi connectivity index (χ3n) is 7.24. The quantitative estimate of drug-likeness (QED) is 0.383. The highest BCUT2D eigenvalue weighted by molar-refractivity contribution is 5.67. The number of carbonyl (C=O) groups excluding carboxylic acids is 1. The molecule has 2 fully saturated rings. The third-order valence-corrected chi connectivity index (χ3v) is 7.24. The van der Waals surface area contributed by atoms with Gasteiger partial charge in [-0.15, -0.1) is 0 Å². The second kappa shape index (κ2) is 9.68. The Labute approximate surface area is 180 Å². The van der Waals surface area contributed by atoms with Gasteiger partial charge < -0.3 is 9.47 Å². The smallest absolute Gasteiger partial charge is 0.395 e. The van der Waals surface area contributed by atoms with E-state index < -0.39 is 6.16 Å². The molecular weight excluding hydrogens is 372 g/mol. The van der Waals surface area contributed by atoms with Crippen LogP contribution in [0.25, 0.3) is 0 Å². The Balaban J connectivity index is 1.32. The number of rotatable bonds is 4. The van der Waals surface area contributed by atoms with E-state index in [0.29, 0.717) is 23.3 Å². The molecule has 2 aromatic carbocycles. The first-order chi connectivity index (χ1) is 14.6. The van der Waals surface area contributed by atoms with E-state index in [1.54, 1.807) is 0 Å². The first-order valence-corrected chi connectivity index (χ1v) is 11.7. The predicted molar refractivity (Wildman–Crippen MR) is 120 cm³/mol. The molecule has 0 heterocycles. The summed E-state index contributed by atoms with van der Waals surface area (Å²) in [5.41, 5.74) is 2.69. The molecule has 0 spiro atoms. The molecule has 2 aliphatic carbocycles. The Hall–Kier alpha value is -2.29. The lowest BCUT2D eigenvalue weighted by Gasteiger charge is -2.29. The molecule has 4 atom stereocenters. The lowest BCUT2D eigenvalue weighted by Crippen LogP contribution is -2.16. The van der Waals surface area contributed by atoms with Crippen LogP contribution >= 0.6 is 0 Å². The van der Waals surface area contributed by atoms with Crippen LogP contribution < -0.4 is 9.47 Å². The van der Waals surface area contributed by atoms with Gasteiger partial charge in [0.2, 0.25) is 0 Å². The normalized spacial score (nSPS) is 26.7. The van der Waals surface area contributed by atoms with E-state index in [1.807, 2.05) is 24.3 Å². The summed E-state index contributed by atoms with van der Waals surface area (Å²) in [6, 6.07) is 15.9. The first-order valence-electron chi connectivity index (χ1n) is 11.7. The van der Waals surface area contributed by atoms with E-state index in [2.05, 4.69) is 38.1 Å². The standard InChI is InChI=1S/C27H34O3/c1-19-7-3-5-9-25(19)21-11-15-23(16-12-21)29-27(28)30-24-17-13-22(14-18-24)26-10-6-4-8-20(26)2/h11-20,25-26H,3-10H2,1-2H3. The molecule has 4 unspecified atom stereocenters. The molecule has 4 rings (SSSR count). The number of hydrogen-bond donors (Lipinski definition) is 0. The van der Waals surface area contributed by atoms with E-state index >= 15 is 0 Å². The predicted octanol–water partition coefficient (Wildman–Crippen LogP) is 7.85. The molecule has 0 N–H and O–H groups in total. The van der Waals surface area contributed by atoms with Crippen LogP contribution in [0.5, 0.6) is 11.5 Å². The molecule has 3 nitrogen and oxygen atoms in total. The van der Waals surface area contributed by atoms with Crippen LogP contribution in [-0.2, 0) is 0 Å². The van der Waals surface area contributed by atoms with Gasteiger partial charge in [-0.05, 0) is 71.9 Å². The minimum atomic E-state index is -0.687. The molecule has 0 aromatic heterocycles. The second-order valence-electron chi connectivity index (χ2n) is 9.33. The highest BCUT2D eigenvalue weighted by Crippen LogP contribution is 2.39. The SMILES string of the molecule is CC1CCCCC1c1ccc(OC(=O)Oc2ccc(C3CCCCC3C)cc2)cc1. The lowest BCUT2D eigenvalue weighted by molar-refractivity contribution is 0.152. The van der Waals surface area contributed by atoms with E-state index in [-0.39, 0.29) is 0 Å². The molecule has 0 bridgehead atoms. The second-order valence-corrected chi connectivity index (χ2v) is 9.33. The Morgan fingerprint density at radius 3 is 1.37 bits per heavy atom. The van der Waals surface area contributed by atoms with Gasteiger partial charge in [0, 0.05) is 0 Å². The van der Waals surface area contributed by atoms with Gasteiger partial charge in [0.1, 0.15) is 11.5 Å². The van der Waals surface area contributed by atoms with Crippen LogP contribution in [0.1, 0.15) is 88.2 Å². The van der Waals surface area contributed by atoms with Gasteiger partial charge in [-0.25, -0.2) is 4.79 Å². The molecule has 3 heteroatoms. The summed E-state index contributed by atoms with van der Waals surface area (Å²) >= 11 is 0. The van der Waals surface area contributed by atoms with Crippen LogP contribution in [-0.4, -0.2) is 6.16 Å². The monoisotopic (exact) mass is 406 g/mol. The fourth-order valence-electron chi connectivity index (χ4n) is 5.40. The molecule has 2 saturated carbocycles. The van der Waals surface area contributed by atoms with Gasteiger partial charge in [-0.2, -0.15) is 0 Å². The van der Waals surface area contributed by atoms with Gasteiger partial charge in [-0.3, -0.25) is 0 Å². The van der Waals surface area contributed by atoms with Crippen molar-refractivity contribution in [3.63, 3.8) is 0 Å². The Kier molecular flexibility index (Phi) is 6.76. The fourth-order valence-corrected chi connectivity index (χ4v) is 5.40. The molecular formula is C27H34O3. The van der Waals surface area contributed by atoms with Crippen molar-refractivity contribution in [1.29, 1.82) is 0 Å². The van der Waals surface area contributed by atoms with Crippen molar-refractivity contribution in [3.05, 3.63) is 59.7 Å². The van der Waals surface area contributed by atoms with Gasteiger partial charge >= 0.3 is 6.16 Å². The van der Waals surface area contributed by atoms with Crippen molar-refractivity contribution in [2.24, 2.45) is 11.8 Å². The van der Waals surface area contributed by atoms with Crippen LogP contribution in [0.15, 0.2) is 48.5 Å². The van der Waals surface area contributed by atoms with Crippen LogP contribution in [0.4, 0.5) is 4.79 Å². The topological polar surface area (TPSA) is 35.5 Å². The van der Waals surface area contributed by atoms with Gasteiger partial charge in [0.05, 0.1) is 0 Å². The van der Waals surface area contributed by atoms with Gasteiger partial charge in [0.15, 0.2) is 0 Å². The number of ether oxygens (including phenoxy) is 2. The van der Waals surface area contributed by atoms with Crippen molar-refractivity contribution >= 4 is 6.16 Å². The maximum atomic E-state index is 12.2. The zero-order valence-electron chi connectivity index (χ0n) is 18.3. The first kappa shape index (κ1) is 21.0. The van der Waals surface area contributed by atoms with Crippen molar-refractivity contribution in [1.82, 2.24) is 0 Å². The average Bonchev–Trinajstić information content (AvgIpc) is 2.76. The zero-order chi connectivity index (χ0) is 20.9. The molecule has 30 heavy (non-hydrogen) atoms. The molecule has 0 saturated heterocycles. The molecule has 160 valence electrons. The van der Waals surface area contributed by atoms with Crippen LogP contribution in [0.2, 0.25) is 0 Å². The average molecular weight is 407 g/mol. The summed E-state index contributed by atoms with van der Waals surface area (Å²) in [7, 11) is 0. The maximum Gasteiger partial charge on any atom is 0.519 e. The van der Waals surface area contributed by atoms with Crippen molar-refractivity contribution in [2.45, 2.75) is 77.0 Å². The van der Waals surface area contributed by atoms with Gasteiger partial charge in [0.25, 0.3) is 0 Å². The van der Waals surface area contributed by atoms with E-state index in [4.69, 9.17) is 9.47 Å². The summed E-state index contributed by atoms with van der Waals surface area (Å²) in [6.45, 7) is 4.68. The van der Waals surface area contributed by atoms with E-state index in [0.717, 1.165) is 11.8 Å². The fraction of sp³-hybridized carbons (Fsp3) is 0.519. The number of benzene rings is 2.